The molecular formula is C14H8F3N3OS. The lowest BCUT2D eigenvalue weighted by Crippen LogP contribution is -2.15. The topological polar surface area (TPSA) is 66.6 Å². The van der Waals surface area contributed by atoms with E-state index in [0.717, 1.165) is 6.20 Å². The minimum atomic E-state index is -4.57. The van der Waals surface area contributed by atoms with Crippen LogP contribution in [0.1, 0.15) is 22.0 Å². The van der Waals surface area contributed by atoms with Gasteiger partial charge in [-0.05, 0) is 24.3 Å². The maximum atomic E-state index is 12.5. The van der Waals surface area contributed by atoms with Crippen LogP contribution in [-0.4, -0.2) is 21.3 Å². The lowest BCUT2D eigenvalue weighted by atomic mass is 9.96. The molecule has 22 heavy (non-hydrogen) atoms. The molecule has 1 atom stereocenters. The highest BCUT2D eigenvalue weighted by Crippen LogP contribution is 2.38. The first-order valence-corrected chi connectivity index (χ1v) is 6.79. The molecule has 112 valence electrons. The van der Waals surface area contributed by atoms with Crippen molar-refractivity contribution < 1.29 is 18.0 Å². The summed E-state index contributed by atoms with van der Waals surface area (Å²) < 4.78 is 37.6. The molecule has 0 bridgehead atoms. The van der Waals surface area contributed by atoms with Crippen LogP contribution in [0.15, 0.2) is 47.8 Å². The van der Waals surface area contributed by atoms with Gasteiger partial charge in [0.15, 0.2) is 11.7 Å². The molecule has 0 spiro atoms. The summed E-state index contributed by atoms with van der Waals surface area (Å²) in [5, 5.41) is 8.70. The van der Waals surface area contributed by atoms with Gasteiger partial charge in [0, 0.05) is 24.2 Å². The summed E-state index contributed by atoms with van der Waals surface area (Å²) >= 11 is -0.483. The SMILES string of the molecule is N#C[C@H](C(=O)c1cccnc1SC(F)(F)F)c1ccccn1. The van der Waals surface area contributed by atoms with Crippen molar-refractivity contribution in [2.45, 2.75) is 16.5 Å². The highest BCUT2D eigenvalue weighted by atomic mass is 32.2. The lowest BCUT2D eigenvalue weighted by molar-refractivity contribution is -0.0329. The Morgan fingerprint density at radius 1 is 1.18 bits per heavy atom. The van der Waals surface area contributed by atoms with E-state index < -0.39 is 34.0 Å². The van der Waals surface area contributed by atoms with Crippen molar-refractivity contribution in [2.24, 2.45) is 0 Å². The normalized spacial score (nSPS) is 12.5. The Bertz CT molecular complexity index is 713. The monoisotopic (exact) mass is 323 g/mol. The predicted molar refractivity (Wildman–Crippen MR) is 73.1 cm³/mol. The van der Waals surface area contributed by atoms with Crippen LogP contribution in [-0.2, 0) is 0 Å². The number of hydrogen-bond donors (Lipinski definition) is 0. The van der Waals surface area contributed by atoms with Gasteiger partial charge in [-0.2, -0.15) is 18.4 Å². The van der Waals surface area contributed by atoms with Crippen molar-refractivity contribution in [1.82, 2.24) is 9.97 Å². The van der Waals surface area contributed by atoms with Gasteiger partial charge in [0.05, 0.1) is 17.3 Å². The van der Waals surface area contributed by atoms with E-state index in [2.05, 4.69) is 9.97 Å². The Kier molecular flexibility index (Phi) is 4.78. The fraction of sp³-hybridized carbons (Fsp3) is 0.143. The van der Waals surface area contributed by atoms with Crippen molar-refractivity contribution in [3.63, 3.8) is 0 Å². The number of hydrogen-bond acceptors (Lipinski definition) is 5. The van der Waals surface area contributed by atoms with E-state index in [9.17, 15) is 23.2 Å². The number of nitriles is 1. The maximum Gasteiger partial charge on any atom is 0.447 e. The zero-order valence-electron chi connectivity index (χ0n) is 10.9. The number of aromatic nitrogens is 2. The molecule has 2 aromatic heterocycles. The molecule has 0 unspecified atom stereocenters. The quantitative estimate of drug-likeness (QED) is 0.635. The van der Waals surface area contributed by atoms with Gasteiger partial charge < -0.3 is 0 Å². The zero-order valence-corrected chi connectivity index (χ0v) is 11.7. The molecule has 0 radical (unpaired) electrons. The molecular weight excluding hydrogens is 315 g/mol. The van der Waals surface area contributed by atoms with Crippen molar-refractivity contribution in [3.05, 3.63) is 54.0 Å². The molecule has 0 aromatic carbocycles. The highest BCUT2D eigenvalue weighted by Gasteiger charge is 2.34. The first kappa shape index (κ1) is 16.0. The minimum Gasteiger partial charge on any atom is -0.292 e. The van der Waals surface area contributed by atoms with E-state index in [0.29, 0.717) is 0 Å². The number of halogens is 3. The first-order valence-electron chi connectivity index (χ1n) is 5.98. The van der Waals surface area contributed by atoms with Crippen LogP contribution < -0.4 is 0 Å². The van der Waals surface area contributed by atoms with Gasteiger partial charge in [-0.25, -0.2) is 4.98 Å². The molecule has 2 rings (SSSR count). The van der Waals surface area contributed by atoms with Gasteiger partial charge in [-0.15, -0.1) is 0 Å². The van der Waals surface area contributed by atoms with Crippen LogP contribution in [0.5, 0.6) is 0 Å². The molecule has 2 heterocycles. The molecule has 0 aliphatic rings. The fourth-order valence-corrected chi connectivity index (χ4v) is 2.34. The van der Waals surface area contributed by atoms with Crippen LogP contribution in [0.4, 0.5) is 13.2 Å². The van der Waals surface area contributed by atoms with Crippen molar-refractivity contribution in [3.8, 4) is 6.07 Å². The average molecular weight is 323 g/mol. The highest BCUT2D eigenvalue weighted by molar-refractivity contribution is 8.00. The molecule has 4 nitrogen and oxygen atoms in total. The molecule has 0 saturated carbocycles. The van der Waals surface area contributed by atoms with Gasteiger partial charge in [-0.1, -0.05) is 6.07 Å². The summed E-state index contributed by atoms with van der Waals surface area (Å²) in [6.45, 7) is 0. The lowest BCUT2D eigenvalue weighted by Gasteiger charge is -2.11. The molecule has 0 saturated heterocycles. The Labute approximate surface area is 128 Å². The Hall–Kier alpha value is -2.40. The summed E-state index contributed by atoms with van der Waals surface area (Å²) in [6.07, 6.45) is 2.56. The van der Waals surface area contributed by atoms with Crippen molar-refractivity contribution in [1.29, 1.82) is 5.26 Å². The molecule has 0 fully saturated rings. The Balaban J connectivity index is 2.39. The molecule has 0 amide bonds. The van der Waals surface area contributed by atoms with E-state index in [1.807, 2.05) is 0 Å². The summed E-state index contributed by atoms with van der Waals surface area (Å²) in [6, 6.07) is 9.01. The molecule has 2 aromatic rings. The number of nitrogens with zero attached hydrogens (tertiary/aromatic N) is 3. The standard InChI is InChI=1S/C14H8F3N3OS/c15-14(16,17)22-13-9(4-3-7-20-13)12(21)10(8-18)11-5-1-2-6-19-11/h1-7,10H/t10-/m0/s1. The fourth-order valence-electron chi connectivity index (χ4n) is 1.73. The summed E-state index contributed by atoms with van der Waals surface area (Å²) in [5.74, 6) is -2.04. The Morgan fingerprint density at radius 3 is 2.50 bits per heavy atom. The summed E-state index contributed by atoms with van der Waals surface area (Å²) in [4.78, 5) is 19.9. The second-order valence-electron chi connectivity index (χ2n) is 4.08. The number of Topliss-reactive ketones (excluding diaryl/α,β-unsaturated/α-hetero) is 1. The molecule has 0 aliphatic heterocycles. The van der Waals surface area contributed by atoms with E-state index in [1.54, 1.807) is 18.2 Å². The van der Waals surface area contributed by atoms with Crippen LogP contribution in [0, 0.1) is 11.3 Å². The van der Waals surface area contributed by atoms with E-state index in [1.165, 1.54) is 24.4 Å². The zero-order chi connectivity index (χ0) is 16.2. The molecule has 0 N–H and O–H groups in total. The van der Waals surface area contributed by atoms with Gasteiger partial charge >= 0.3 is 5.51 Å². The van der Waals surface area contributed by atoms with E-state index in [-0.39, 0.29) is 11.3 Å². The van der Waals surface area contributed by atoms with Crippen LogP contribution >= 0.6 is 11.8 Å². The van der Waals surface area contributed by atoms with Crippen molar-refractivity contribution in [2.75, 3.05) is 0 Å². The largest absolute Gasteiger partial charge is 0.447 e. The first-order chi connectivity index (χ1) is 10.4. The smallest absolute Gasteiger partial charge is 0.292 e. The van der Waals surface area contributed by atoms with Crippen LogP contribution in [0.2, 0.25) is 0 Å². The minimum absolute atomic E-state index is 0.182. The second kappa shape index (κ2) is 6.58. The van der Waals surface area contributed by atoms with Crippen molar-refractivity contribution >= 4 is 17.5 Å². The number of ketones is 1. The number of alkyl halides is 3. The number of rotatable bonds is 4. The van der Waals surface area contributed by atoms with E-state index >= 15 is 0 Å². The average Bonchev–Trinajstić information content (AvgIpc) is 2.48. The molecule has 0 aliphatic carbocycles. The van der Waals surface area contributed by atoms with Crippen LogP contribution in [0.3, 0.4) is 0 Å². The van der Waals surface area contributed by atoms with Crippen LogP contribution in [0.25, 0.3) is 0 Å². The Morgan fingerprint density at radius 2 is 1.91 bits per heavy atom. The number of carbonyl (C=O) groups excluding carboxylic acids is 1. The third kappa shape index (κ3) is 3.83. The molecule has 8 heteroatoms. The second-order valence-corrected chi connectivity index (χ2v) is 5.14. The van der Waals surface area contributed by atoms with E-state index in [4.69, 9.17) is 0 Å². The maximum absolute atomic E-state index is 12.5. The number of pyridine rings is 2. The summed E-state index contributed by atoms with van der Waals surface area (Å²) in [7, 11) is 0. The van der Waals surface area contributed by atoms with Gasteiger partial charge in [0.2, 0.25) is 0 Å². The van der Waals surface area contributed by atoms with Gasteiger partial charge in [0.25, 0.3) is 0 Å². The van der Waals surface area contributed by atoms with Gasteiger partial charge in [-0.3, -0.25) is 9.78 Å². The number of thioether (sulfide) groups is 1. The number of carbonyl (C=O) groups is 1. The third-order valence-corrected chi connectivity index (χ3v) is 3.37. The predicted octanol–water partition coefficient (Wildman–Crippen LogP) is 3.58. The third-order valence-electron chi connectivity index (χ3n) is 2.62. The van der Waals surface area contributed by atoms with Gasteiger partial charge in [0.1, 0.15) is 5.03 Å². The summed E-state index contributed by atoms with van der Waals surface area (Å²) in [5.41, 5.74) is -4.64.